The highest BCUT2D eigenvalue weighted by molar-refractivity contribution is 4.28. The molecule has 0 aliphatic heterocycles. The smallest absolute Gasteiger partial charge is 0.0491 e. The summed E-state index contributed by atoms with van der Waals surface area (Å²) in [4.78, 5) is 0. The van der Waals surface area contributed by atoms with Gasteiger partial charge in [-0.2, -0.15) is 0 Å². The highest BCUT2D eigenvalue weighted by atomic mass is 19.0. The van der Waals surface area contributed by atoms with E-state index in [1.165, 1.54) is 0 Å². The van der Waals surface area contributed by atoms with E-state index in [4.69, 9.17) is 17.2 Å². The fraction of sp³-hybridized carbons (Fsp3) is 1.00. The van der Waals surface area contributed by atoms with Crippen molar-refractivity contribution in [2.24, 2.45) is 17.2 Å². The first kappa shape index (κ1) is 41.0. The third kappa shape index (κ3) is 14200. The average Bonchev–Trinajstić information content (AvgIpc) is 1.71. The number of halogens is 1. The van der Waals surface area contributed by atoms with E-state index in [1.807, 2.05) is 20.8 Å². The molecule has 0 spiro atoms. The molecule has 0 fully saturated rings. The summed E-state index contributed by atoms with van der Waals surface area (Å²) >= 11 is 0. The maximum atomic E-state index is 4.89. The summed E-state index contributed by atoms with van der Waals surface area (Å²) in [5, 5.41) is 0. The van der Waals surface area contributed by atoms with Crippen LogP contribution in [0.3, 0.4) is 0 Å². The van der Waals surface area contributed by atoms with Crippen molar-refractivity contribution in [1.29, 1.82) is 0 Å². The zero-order valence-corrected chi connectivity index (χ0v) is 8.13. The second-order valence-corrected chi connectivity index (χ2v) is 1.27. The van der Waals surface area contributed by atoms with Crippen LogP contribution in [0.15, 0.2) is 0 Å². The molecular formula is C7H31FN4. The predicted octanol–water partition coefficient (Wildman–Crippen LogP) is 1.44. The van der Waals surface area contributed by atoms with E-state index < -0.39 is 0 Å². The highest BCUT2D eigenvalue weighted by Crippen LogP contribution is 1.41. The van der Waals surface area contributed by atoms with Crippen LogP contribution in [0, 0.1) is 0 Å². The first-order valence-corrected chi connectivity index (χ1v) is 3.36. The van der Waals surface area contributed by atoms with Crippen molar-refractivity contribution in [3.8, 4) is 0 Å². The number of nitrogens with two attached hydrogens (primary N) is 3. The molecule has 0 aliphatic carbocycles. The van der Waals surface area contributed by atoms with Gasteiger partial charge in [0.15, 0.2) is 0 Å². The minimum absolute atomic E-state index is 0. The van der Waals surface area contributed by atoms with E-state index in [0.29, 0.717) is 0 Å². The van der Waals surface area contributed by atoms with Gasteiger partial charge in [0, 0.05) is 7.59 Å². The molecule has 0 saturated carbocycles. The van der Waals surface area contributed by atoms with Gasteiger partial charge in [-0.1, -0.05) is 28.2 Å². The molecule has 0 radical (unpaired) electrons. The Morgan fingerprint density at radius 3 is 1.25 bits per heavy atom. The Bertz CT molecular complexity index is 31.7. The van der Waals surface area contributed by atoms with Gasteiger partial charge in [-0.05, 0) is 13.5 Å². The van der Waals surface area contributed by atoms with Gasteiger partial charge < -0.3 is 23.4 Å². The van der Waals surface area contributed by atoms with E-state index in [2.05, 4.69) is 0 Å². The van der Waals surface area contributed by atoms with Gasteiger partial charge in [-0.25, -0.2) is 0 Å². The lowest BCUT2D eigenvalue weighted by Gasteiger charge is -1.83. The molecule has 0 heterocycles. The SMILES string of the molecule is C.CC.CC(N)N.CCN.F.N.[2HH]. The van der Waals surface area contributed by atoms with Crippen LogP contribution < -0.4 is 23.4 Å². The summed E-state index contributed by atoms with van der Waals surface area (Å²) in [5.74, 6) is 0. The Morgan fingerprint density at radius 2 is 1.25 bits per heavy atom. The van der Waals surface area contributed by atoms with Crippen LogP contribution in [0.4, 0.5) is 4.70 Å². The lowest BCUT2D eigenvalue weighted by atomic mass is 10.7. The van der Waals surface area contributed by atoms with Crippen molar-refractivity contribution >= 4 is 0 Å². The molecule has 0 rings (SSSR count). The molecule has 0 aromatic rings. The van der Waals surface area contributed by atoms with Crippen LogP contribution in [-0.2, 0) is 0 Å². The third-order valence-corrected chi connectivity index (χ3v) is 0. The molecule has 86 valence electrons. The number of rotatable bonds is 0. The topological polar surface area (TPSA) is 113 Å². The van der Waals surface area contributed by atoms with Gasteiger partial charge in [-0.15, -0.1) is 0 Å². The summed E-state index contributed by atoms with van der Waals surface area (Å²) in [6.45, 7) is 8.38. The maximum absolute atomic E-state index is 4.89. The standard InChI is InChI=1S/C2H8N2.C2H7N.C2H6.CH4.FH.H3N.H2/c1-2(3)4;1-2-3;1-2;;;;/h2H,3-4H2,1H3;2-3H2,1H3;1-2H3;1H4;1H;1H3;1H/i;;;;;;1+1. The van der Waals surface area contributed by atoms with E-state index in [9.17, 15) is 0 Å². The Kier molecular flexibility index (Phi) is 247. The van der Waals surface area contributed by atoms with Crippen LogP contribution in [0.5, 0.6) is 0 Å². The zero-order chi connectivity index (χ0) is 8.28. The fourth-order valence-corrected chi connectivity index (χ4v) is 0. The quantitative estimate of drug-likeness (QED) is 0.434. The molecule has 0 aromatic heterocycles. The summed E-state index contributed by atoms with van der Waals surface area (Å²) in [5.41, 5.74) is 14.6. The van der Waals surface area contributed by atoms with Crippen LogP contribution >= 0.6 is 0 Å². The molecule has 0 aliphatic rings. The van der Waals surface area contributed by atoms with Crippen molar-refractivity contribution in [2.45, 2.75) is 41.3 Å². The van der Waals surface area contributed by atoms with Gasteiger partial charge in [0.05, 0.1) is 0 Å². The van der Waals surface area contributed by atoms with Crippen LogP contribution in [0.1, 0.15) is 36.5 Å². The molecule has 0 atom stereocenters. The van der Waals surface area contributed by atoms with Gasteiger partial charge in [0.1, 0.15) is 0 Å². The summed E-state index contributed by atoms with van der Waals surface area (Å²) in [7, 11) is 0. The molecule has 0 aromatic carbocycles. The molecule has 4 nitrogen and oxygen atoms in total. The first-order chi connectivity index (χ1) is 4.15. The van der Waals surface area contributed by atoms with E-state index >= 15 is 0 Å². The summed E-state index contributed by atoms with van der Waals surface area (Å²) in [6, 6.07) is 0. The fourth-order valence-electron chi connectivity index (χ4n) is 0. The summed E-state index contributed by atoms with van der Waals surface area (Å²) < 4.78 is 0. The minimum Gasteiger partial charge on any atom is -0.344 e. The second-order valence-electron chi connectivity index (χ2n) is 1.27. The Morgan fingerprint density at radius 1 is 1.25 bits per heavy atom. The lowest BCUT2D eigenvalue weighted by molar-refractivity contribution is 0.790. The Hall–Kier alpha value is -0.230. The van der Waals surface area contributed by atoms with Gasteiger partial charge in [0.2, 0.25) is 0 Å². The van der Waals surface area contributed by atoms with Crippen LogP contribution in [0.25, 0.3) is 0 Å². The molecule has 0 amide bonds. The van der Waals surface area contributed by atoms with Gasteiger partial charge in [0.25, 0.3) is 0 Å². The minimum atomic E-state index is -0.167. The predicted molar refractivity (Wildman–Crippen MR) is 60.3 cm³/mol. The molecule has 0 saturated heterocycles. The maximum Gasteiger partial charge on any atom is 0.0491 e. The van der Waals surface area contributed by atoms with E-state index in [0.717, 1.165) is 6.54 Å². The summed E-state index contributed by atoms with van der Waals surface area (Å²) in [6.07, 6.45) is -0.167. The van der Waals surface area contributed by atoms with Crippen molar-refractivity contribution in [2.75, 3.05) is 6.54 Å². The monoisotopic (exact) mass is 191 g/mol. The van der Waals surface area contributed by atoms with Gasteiger partial charge in [-0.3, -0.25) is 4.70 Å². The highest BCUT2D eigenvalue weighted by Gasteiger charge is 1.66. The molecule has 0 bridgehead atoms. The molecule has 5 heteroatoms. The van der Waals surface area contributed by atoms with E-state index in [-0.39, 0.29) is 25.9 Å². The number of hydrogen-bond acceptors (Lipinski definition) is 4. The Labute approximate surface area is 78.3 Å². The average molecular weight is 191 g/mol. The van der Waals surface area contributed by atoms with Crippen molar-refractivity contribution in [1.82, 2.24) is 6.15 Å². The molecular weight excluding hydrogens is 159 g/mol. The van der Waals surface area contributed by atoms with Gasteiger partial charge >= 0.3 is 0 Å². The molecule has 9 N–H and O–H groups in total. The zero-order valence-electron chi connectivity index (χ0n) is 8.13. The van der Waals surface area contributed by atoms with Crippen molar-refractivity contribution < 1.29 is 6.13 Å². The largest absolute Gasteiger partial charge is 0.344 e. The lowest BCUT2D eigenvalue weighted by Crippen LogP contribution is -2.25. The second kappa shape index (κ2) is 72.3. The molecule has 12 heavy (non-hydrogen) atoms. The van der Waals surface area contributed by atoms with Crippen molar-refractivity contribution in [3.05, 3.63) is 0 Å². The molecule has 0 unspecified atom stereocenters. The van der Waals surface area contributed by atoms with Crippen molar-refractivity contribution in [3.63, 3.8) is 0 Å². The Balaban J connectivity index is -0.00000000749. The first-order valence-electron chi connectivity index (χ1n) is 3.36. The van der Waals surface area contributed by atoms with Crippen LogP contribution in [0.2, 0.25) is 0 Å². The normalized spacial score (nSPS) is 5.00. The number of hydrogen-bond donors (Lipinski definition) is 4. The third-order valence-electron chi connectivity index (χ3n) is 0. The van der Waals surface area contributed by atoms with E-state index in [1.54, 1.807) is 6.92 Å². The van der Waals surface area contributed by atoms with Crippen LogP contribution in [-0.4, -0.2) is 12.7 Å².